The summed E-state index contributed by atoms with van der Waals surface area (Å²) in [7, 11) is 0. The number of amides is 2. The van der Waals surface area contributed by atoms with E-state index in [0.29, 0.717) is 24.3 Å². The smallest absolute Gasteiger partial charge is 0.225 e. The molecule has 2 aliphatic rings. The van der Waals surface area contributed by atoms with Crippen LogP contribution in [0.3, 0.4) is 0 Å². The molecular formula is C16H23N3O2S. The van der Waals surface area contributed by atoms with Crippen molar-refractivity contribution in [2.45, 2.75) is 51.5 Å². The van der Waals surface area contributed by atoms with Crippen LogP contribution in [0.1, 0.15) is 55.6 Å². The quantitative estimate of drug-likeness (QED) is 0.925. The molecule has 0 unspecified atom stereocenters. The SMILES string of the molecule is CC(=O)NCc1csc(C2CCN(C(=O)C3CCC3)CC2)n1. The summed E-state index contributed by atoms with van der Waals surface area (Å²) in [5.41, 5.74) is 0.933. The molecule has 22 heavy (non-hydrogen) atoms. The van der Waals surface area contributed by atoms with Crippen LogP contribution in [0.4, 0.5) is 0 Å². The van der Waals surface area contributed by atoms with E-state index in [1.165, 1.54) is 13.3 Å². The van der Waals surface area contributed by atoms with E-state index >= 15 is 0 Å². The molecule has 0 radical (unpaired) electrons. The second-order valence-corrected chi connectivity index (χ2v) is 7.20. The van der Waals surface area contributed by atoms with Crippen molar-refractivity contribution in [2.24, 2.45) is 5.92 Å². The first kappa shape index (κ1) is 15.5. The van der Waals surface area contributed by atoms with E-state index < -0.39 is 0 Å². The highest BCUT2D eigenvalue weighted by Gasteiger charge is 2.32. The summed E-state index contributed by atoms with van der Waals surface area (Å²) in [5, 5.41) is 5.95. The van der Waals surface area contributed by atoms with Crippen molar-refractivity contribution >= 4 is 23.2 Å². The Bertz CT molecular complexity index is 545. The highest BCUT2D eigenvalue weighted by molar-refractivity contribution is 7.09. The summed E-state index contributed by atoms with van der Waals surface area (Å²) in [5.74, 6) is 1.11. The number of hydrogen-bond donors (Lipinski definition) is 1. The Labute approximate surface area is 135 Å². The van der Waals surface area contributed by atoms with Gasteiger partial charge in [-0.05, 0) is 25.7 Å². The van der Waals surface area contributed by atoms with E-state index in [2.05, 4.69) is 10.3 Å². The van der Waals surface area contributed by atoms with Gasteiger partial charge in [0.25, 0.3) is 0 Å². The van der Waals surface area contributed by atoms with Crippen molar-refractivity contribution in [3.8, 4) is 0 Å². The van der Waals surface area contributed by atoms with Crippen LogP contribution in [0, 0.1) is 5.92 Å². The van der Waals surface area contributed by atoms with Crippen LogP contribution in [0.2, 0.25) is 0 Å². The Kier molecular flexibility index (Phi) is 4.76. The van der Waals surface area contributed by atoms with E-state index in [9.17, 15) is 9.59 Å². The number of thiazole rings is 1. The number of rotatable bonds is 4. The van der Waals surface area contributed by atoms with Crippen LogP contribution >= 0.6 is 11.3 Å². The number of nitrogens with one attached hydrogen (secondary N) is 1. The molecule has 1 N–H and O–H groups in total. The van der Waals surface area contributed by atoms with Gasteiger partial charge >= 0.3 is 0 Å². The molecule has 1 aromatic heterocycles. The molecule has 0 atom stereocenters. The van der Waals surface area contributed by atoms with Crippen molar-refractivity contribution in [3.63, 3.8) is 0 Å². The van der Waals surface area contributed by atoms with Crippen LogP contribution in [-0.2, 0) is 16.1 Å². The van der Waals surface area contributed by atoms with E-state index in [4.69, 9.17) is 0 Å². The van der Waals surface area contributed by atoms with Crippen LogP contribution in [0.5, 0.6) is 0 Å². The average Bonchev–Trinajstić information content (AvgIpc) is 2.92. The van der Waals surface area contributed by atoms with Gasteiger partial charge in [0.15, 0.2) is 0 Å². The number of carbonyl (C=O) groups excluding carboxylic acids is 2. The number of piperidine rings is 1. The van der Waals surface area contributed by atoms with E-state index in [0.717, 1.165) is 49.5 Å². The van der Waals surface area contributed by atoms with Crippen molar-refractivity contribution in [3.05, 3.63) is 16.1 Å². The molecule has 1 aliphatic heterocycles. The monoisotopic (exact) mass is 321 g/mol. The molecular weight excluding hydrogens is 298 g/mol. The molecule has 1 saturated heterocycles. The molecule has 3 rings (SSSR count). The van der Waals surface area contributed by atoms with Gasteiger partial charge in [-0.3, -0.25) is 9.59 Å². The largest absolute Gasteiger partial charge is 0.351 e. The summed E-state index contributed by atoms with van der Waals surface area (Å²) in [6, 6.07) is 0. The highest BCUT2D eigenvalue weighted by atomic mass is 32.1. The second kappa shape index (κ2) is 6.77. The molecule has 2 heterocycles. The van der Waals surface area contributed by atoms with Crippen molar-refractivity contribution in [1.29, 1.82) is 0 Å². The topological polar surface area (TPSA) is 62.3 Å². The number of nitrogens with zero attached hydrogens (tertiary/aromatic N) is 2. The zero-order chi connectivity index (χ0) is 15.5. The normalized spacial score (nSPS) is 19.8. The maximum atomic E-state index is 12.2. The van der Waals surface area contributed by atoms with Gasteiger partial charge in [0.1, 0.15) is 0 Å². The predicted molar refractivity (Wildman–Crippen MR) is 85.5 cm³/mol. The summed E-state index contributed by atoms with van der Waals surface area (Å²) in [6.45, 7) is 3.74. The van der Waals surface area contributed by atoms with Crippen molar-refractivity contribution < 1.29 is 9.59 Å². The van der Waals surface area contributed by atoms with Gasteiger partial charge in [-0.15, -0.1) is 11.3 Å². The fourth-order valence-corrected chi connectivity index (χ4v) is 4.06. The van der Waals surface area contributed by atoms with Gasteiger partial charge in [0.05, 0.1) is 17.2 Å². The molecule has 0 bridgehead atoms. The number of aromatic nitrogens is 1. The third-order valence-electron chi connectivity index (χ3n) is 4.70. The zero-order valence-corrected chi connectivity index (χ0v) is 13.8. The fraction of sp³-hybridized carbons (Fsp3) is 0.688. The lowest BCUT2D eigenvalue weighted by atomic mass is 9.83. The third kappa shape index (κ3) is 3.48. The molecule has 2 amide bonds. The van der Waals surface area contributed by atoms with Gasteiger partial charge in [0, 0.05) is 37.2 Å². The molecule has 6 heteroatoms. The second-order valence-electron chi connectivity index (χ2n) is 6.31. The van der Waals surface area contributed by atoms with Crippen LogP contribution in [0.25, 0.3) is 0 Å². The lowest BCUT2D eigenvalue weighted by Gasteiger charge is -2.36. The minimum Gasteiger partial charge on any atom is -0.351 e. The number of hydrogen-bond acceptors (Lipinski definition) is 4. The zero-order valence-electron chi connectivity index (χ0n) is 13.0. The van der Waals surface area contributed by atoms with Gasteiger partial charge in [0.2, 0.25) is 11.8 Å². The van der Waals surface area contributed by atoms with Crippen molar-refractivity contribution in [2.75, 3.05) is 13.1 Å². The van der Waals surface area contributed by atoms with E-state index in [1.54, 1.807) is 11.3 Å². The predicted octanol–water partition coefficient (Wildman–Crippen LogP) is 2.29. The maximum Gasteiger partial charge on any atom is 0.225 e. The number of likely N-dealkylation sites (tertiary alicyclic amines) is 1. The molecule has 5 nitrogen and oxygen atoms in total. The summed E-state index contributed by atoms with van der Waals surface area (Å²) < 4.78 is 0. The Morgan fingerprint density at radius 3 is 2.64 bits per heavy atom. The average molecular weight is 321 g/mol. The van der Waals surface area contributed by atoms with Gasteiger partial charge < -0.3 is 10.2 Å². The van der Waals surface area contributed by atoms with Crippen LogP contribution < -0.4 is 5.32 Å². The molecule has 1 aromatic rings. The molecule has 0 spiro atoms. The van der Waals surface area contributed by atoms with Gasteiger partial charge in [-0.25, -0.2) is 4.98 Å². The summed E-state index contributed by atoms with van der Waals surface area (Å²) in [6.07, 6.45) is 5.38. The molecule has 2 fully saturated rings. The lowest BCUT2D eigenvalue weighted by Crippen LogP contribution is -2.43. The fourth-order valence-electron chi connectivity index (χ4n) is 3.07. The summed E-state index contributed by atoms with van der Waals surface area (Å²) in [4.78, 5) is 29.9. The van der Waals surface area contributed by atoms with Crippen LogP contribution in [0.15, 0.2) is 5.38 Å². The molecule has 120 valence electrons. The Morgan fingerprint density at radius 1 is 1.32 bits per heavy atom. The first-order valence-corrected chi connectivity index (χ1v) is 8.99. The summed E-state index contributed by atoms with van der Waals surface area (Å²) >= 11 is 1.67. The minimum absolute atomic E-state index is 0.0302. The van der Waals surface area contributed by atoms with Crippen LogP contribution in [-0.4, -0.2) is 34.8 Å². The Morgan fingerprint density at radius 2 is 2.05 bits per heavy atom. The molecule has 0 aromatic carbocycles. The third-order valence-corrected chi connectivity index (χ3v) is 5.75. The van der Waals surface area contributed by atoms with Gasteiger partial charge in [-0.1, -0.05) is 6.42 Å². The molecule has 1 aliphatic carbocycles. The van der Waals surface area contributed by atoms with E-state index in [1.807, 2.05) is 10.3 Å². The Hall–Kier alpha value is -1.43. The minimum atomic E-state index is -0.0302. The first-order valence-electron chi connectivity index (χ1n) is 8.11. The van der Waals surface area contributed by atoms with E-state index in [-0.39, 0.29) is 5.91 Å². The Balaban J connectivity index is 1.50. The standard InChI is InChI=1S/C16H23N3O2S/c1-11(20)17-9-14-10-22-15(18-14)12-5-7-19(8-6-12)16(21)13-3-2-4-13/h10,12-13H,2-9H2,1H3,(H,17,20). The van der Waals surface area contributed by atoms with Crippen molar-refractivity contribution in [1.82, 2.24) is 15.2 Å². The first-order chi connectivity index (χ1) is 10.6. The van der Waals surface area contributed by atoms with Gasteiger partial charge in [-0.2, -0.15) is 0 Å². The highest BCUT2D eigenvalue weighted by Crippen LogP contribution is 2.33. The lowest BCUT2D eigenvalue weighted by molar-refractivity contribution is -0.139. The maximum absolute atomic E-state index is 12.2. The molecule has 1 saturated carbocycles. The number of carbonyl (C=O) groups is 2.